The fourth-order valence-corrected chi connectivity index (χ4v) is 3.19. The highest BCUT2D eigenvalue weighted by Crippen LogP contribution is 2.27. The molecule has 0 saturated heterocycles. The van der Waals surface area contributed by atoms with Crippen LogP contribution in [0.3, 0.4) is 0 Å². The standard InChI is InChI=1S/C18H19Cl2NO3S/c1-12(13-4-7-15(8-5-13)25(3)23)21(2)18(22)11-24-17-9-6-14(19)10-16(17)20/h4-10,12H,11H2,1-3H3/t12-,25-/m0/s1. The number of benzene rings is 2. The Morgan fingerprint density at radius 1 is 1.20 bits per heavy atom. The third-order valence-electron chi connectivity index (χ3n) is 3.91. The van der Waals surface area contributed by atoms with Gasteiger partial charge in [0.15, 0.2) is 6.61 Å². The van der Waals surface area contributed by atoms with E-state index in [4.69, 9.17) is 27.9 Å². The van der Waals surface area contributed by atoms with Crippen molar-refractivity contribution >= 4 is 39.9 Å². The van der Waals surface area contributed by atoms with Crippen LogP contribution in [-0.4, -0.2) is 34.9 Å². The lowest BCUT2D eigenvalue weighted by Gasteiger charge is -2.25. The number of likely N-dealkylation sites (N-methyl/N-ethyl adjacent to an activating group) is 1. The average molecular weight is 400 g/mol. The first-order valence-electron chi connectivity index (χ1n) is 7.56. The van der Waals surface area contributed by atoms with Gasteiger partial charge in [0.1, 0.15) is 5.75 Å². The molecule has 0 spiro atoms. The minimum absolute atomic E-state index is 0.126. The van der Waals surface area contributed by atoms with Crippen LogP contribution >= 0.6 is 23.2 Å². The summed E-state index contributed by atoms with van der Waals surface area (Å²) in [6.45, 7) is 1.80. The largest absolute Gasteiger partial charge is 0.482 e. The lowest BCUT2D eigenvalue weighted by molar-refractivity contribution is -0.134. The Morgan fingerprint density at radius 3 is 2.40 bits per heavy atom. The molecule has 2 rings (SSSR count). The maximum atomic E-state index is 12.4. The predicted molar refractivity (Wildman–Crippen MR) is 102 cm³/mol. The van der Waals surface area contributed by atoms with Gasteiger partial charge in [0.2, 0.25) is 0 Å². The predicted octanol–water partition coefficient (Wildman–Crippen LogP) is 4.33. The van der Waals surface area contributed by atoms with E-state index < -0.39 is 10.8 Å². The van der Waals surface area contributed by atoms with Crippen molar-refractivity contribution in [2.24, 2.45) is 0 Å². The number of rotatable bonds is 6. The van der Waals surface area contributed by atoms with Crippen LogP contribution in [0.1, 0.15) is 18.5 Å². The van der Waals surface area contributed by atoms with Crippen LogP contribution in [0.25, 0.3) is 0 Å². The Morgan fingerprint density at radius 2 is 1.84 bits per heavy atom. The quantitative estimate of drug-likeness (QED) is 0.725. The van der Waals surface area contributed by atoms with Crippen molar-refractivity contribution in [3.05, 3.63) is 58.1 Å². The van der Waals surface area contributed by atoms with Crippen LogP contribution in [0.4, 0.5) is 0 Å². The number of ether oxygens (including phenoxy) is 1. The van der Waals surface area contributed by atoms with Crippen LogP contribution in [0, 0.1) is 0 Å². The average Bonchev–Trinajstić information content (AvgIpc) is 2.59. The Balaban J connectivity index is 1.99. The van der Waals surface area contributed by atoms with Gasteiger partial charge in [-0.2, -0.15) is 0 Å². The second kappa shape index (κ2) is 8.70. The first-order valence-corrected chi connectivity index (χ1v) is 9.88. The molecule has 25 heavy (non-hydrogen) atoms. The minimum atomic E-state index is -1.02. The molecular weight excluding hydrogens is 381 g/mol. The van der Waals surface area contributed by atoms with Gasteiger partial charge in [0.25, 0.3) is 5.91 Å². The molecule has 2 atom stereocenters. The Kier molecular flexibility index (Phi) is 6.87. The van der Waals surface area contributed by atoms with Gasteiger partial charge in [-0.25, -0.2) is 0 Å². The molecule has 0 bridgehead atoms. The van der Waals surface area contributed by atoms with Gasteiger partial charge in [-0.05, 0) is 42.8 Å². The van der Waals surface area contributed by atoms with Crippen LogP contribution in [-0.2, 0) is 15.6 Å². The van der Waals surface area contributed by atoms with Gasteiger partial charge in [-0.15, -0.1) is 0 Å². The molecule has 0 radical (unpaired) electrons. The van der Waals surface area contributed by atoms with E-state index in [9.17, 15) is 9.00 Å². The summed E-state index contributed by atoms with van der Waals surface area (Å²) in [6, 6.07) is 12.1. The van der Waals surface area contributed by atoms with Crippen molar-refractivity contribution in [1.29, 1.82) is 0 Å². The van der Waals surface area contributed by atoms with E-state index in [1.165, 1.54) is 0 Å². The SMILES string of the molecule is C[C@@H](c1ccc([S@](C)=O)cc1)N(C)C(=O)COc1ccc(Cl)cc1Cl. The fraction of sp³-hybridized carbons (Fsp3) is 0.278. The molecule has 0 aliphatic heterocycles. The maximum Gasteiger partial charge on any atom is 0.260 e. The molecule has 0 saturated carbocycles. The zero-order valence-corrected chi connectivity index (χ0v) is 16.5. The van der Waals surface area contributed by atoms with Crippen molar-refractivity contribution in [2.45, 2.75) is 17.9 Å². The molecule has 0 aromatic heterocycles. The summed E-state index contributed by atoms with van der Waals surface area (Å²) in [7, 11) is 0.693. The molecule has 0 heterocycles. The summed E-state index contributed by atoms with van der Waals surface area (Å²) in [5, 5.41) is 0.866. The number of nitrogens with zero attached hydrogens (tertiary/aromatic N) is 1. The molecule has 4 nitrogen and oxygen atoms in total. The van der Waals surface area contributed by atoms with E-state index in [1.54, 1.807) is 36.4 Å². The Labute approximate surface area is 160 Å². The second-order valence-electron chi connectivity index (χ2n) is 5.57. The van der Waals surface area contributed by atoms with E-state index in [0.29, 0.717) is 15.8 Å². The molecule has 0 aliphatic carbocycles. The molecule has 2 aromatic rings. The van der Waals surface area contributed by atoms with E-state index >= 15 is 0 Å². The number of carbonyl (C=O) groups is 1. The van der Waals surface area contributed by atoms with Gasteiger partial charge in [-0.1, -0.05) is 35.3 Å². The molecule has 0 N–H and O–H groups in total. The summed E-state index contributed by atoms with van der Waals surface area (Å²) in [4.78, 5) is 14.7. The van der Waals surface area contributed by atoms with Gasteiger partial charge < -0.3 is 9.64 Å². The van der Waals surface area contributed by atoms with Gasteiger partial charge in [0.05, 0.1) is 11.1 Å². The van der Waals surface area contributed by atoms with E-state index in [0.717, 1.165) is 10.5 Å². The summed E-state index contributed by atoms with van der Waals surface area (Å²) >= 11 is 11.9. The highest BCUT2D eigenvalue weighted by atomic mass is 35.5. The highest BCUT2D eigenvalue weighted by molar-refractivity contribution is 7.84. The van der Waals surface area contributed by atoms with Crippen molar-refractivity contribution in [3.63, 3.8) is 0 Å². The third-order valence-corrected chi connectivity index (χ3v) is 5.38. The summed E-state index contributed by atoms with van der Waals surface area (Å²) in [6.07, 6.45) is 1.63. The summed E-state index contributed by atoms with van der Waals surface area (Å²) in [5.74, 6) is 0.233. The zero-order chi connectivity index (χ0) is 18.6. The van der Waals surface area contributed by atoms with Crippen LogP contribution in [0.15, 0.2) is 47.4 Å². The summed E-state index contributed by atoms with van der Waals surface area (Å²) in [5.41, 5.74) is 0.953. The number of hydrogen-bond acceptors (Lipinski definition) is 3. The van der Waals surface area contributed by atoms with E-state index in [-0.39, 0.29) is 18.6 Å². The topological polar surface area (TPSA) is 46.6 Å². The van der Waals surface area contributed by atoms with Crippen molar-refractivity contribution in [3.8, 4) is 5.75 Å². The number of carbonyl (C=O) groups excluding carboxylic acids is 1. The van der Waals surface area contributed by atoms with E-state index in [1.807, 2.05) is 31.2 Å². The Bertz CT molecular complexity index is 780. The number of halogens is 2. The first-order chi connectivity index (χ1) is 11.8. The van der Waals surface area contributed by atoms with Gasteiger partial charge in [0, 0.05) is 34.0 Å². The van der Waals surface area contributed by atoms with Crippen molar-refractivity contribution in [1.82, 2.24) is 4.90 Å². The molecule has 0 fully saturated rings. The molecule has 7 heteroatoms. The van der Waals surface area contributed by atoms with E-state index in [2.05, 4.69) is 0 Å². The molecule has 134 valence electrons. The Hall–Kier alpha value is -1.56. The molecule has 0 aliphatic rings. The molecule has 1 amide bonds. The molecule has 0 unspecified atom stereocenters. The van der Waals surface area contributed by atoms with Crippen LogP contribution in [0.5, 0.6) is 5.75 Å². The second-order valence-corrected chi connectivity index (χ2v) is 7.79. The minimum Gasteiger partial charge on any atom is -0.482 e. The monoisotopic (exact) mass is 399 g/mol. The van der Waals surface area contributed by atoms with Crippen LogP contribution < -0.4 is 4.74 Å². The lowest BCUT2D eigenvalue weighted by Crippen LogP contribution is -2.33. The zero-order valence-electron chi connectivity index (χ0n) is 14.2. The molecule has 2 aromatic carbocycles. The number of amides is 1. The highest BCUT2D eigenvalue weighted by Gasteiger charge is 2.18. The van der Waals surface area contributed by atoms with Crippen molar-refractivity contribution < 1.29 is 13.7 Å². The third kappa shape index (κ3) is 5.21. The molecular formula is C18H19Cl2NO3S. The van der Waals surface area contributed by atoms with Gasteiger partial charge >= 0.3 is 0 Å². The van der Waals surface area contributed by atoms with Crippen molar-refractivity contribution in [2.75, 3.05) is 19.9 Å². The maximum absolute atomic E-state index is 12.4. The first kappa shape index (κ1) is 19.8. The summed E-state index contributed by atoms with van der Waals surface area (Å²) < 4.78 is 16.9. The normalized spacial score (nSPS) is 13.2. The fourth-order valence-electron chi connectivity index (χ4n) is 2.21. The van der Waals surface area contributed by atoms with Crippen LogP contribution in [0.2, 0.25) is 10.0 Å². The van der Waals surface area contributed by atoms with Gasteiger partial charge in [-0.3, -0.25) is 9.00 Å². The lowest BCUT2D eigenvalue weighted by atomic mass is 10.1. The smallest absolute Gasteiger partial charge is 0.260 e. The number of hydrogen-bond donors (Lipinski definition) is 0.